The van der Waals surface area contributed by atoms with Crippen molar-refractivity contribution in [1.29, 1.82) is 0 Å². The molecule has 0 N–H and O–H groups in total. The van der Waals surface area contributed by atoms with Gasteiger partial charge < -0.3 is 14.4 Å². The fourth-order valence-corrected chi connectivity index (χ4v) is 3.33. The minimum Gasteiger partial charge on any atom is -0.486 e. The number of amides is 1. The van der Waals surface area contributed by atoms with E-state index < -0.39 is 0 Å². The van der Waals surface area contributed by atoms with Gasteiger partial charge in [0.15, 0.2) is 11.5 Å². The van der Waals surface area contributed by atoms with Crippen LogP contribution in [0.4, 0.5) is 0 Å². The van der Waals surface area contributed by atoms with Crippen LogP contribution in [0.25, 0.3) is 0 Å². The van der Waals surface area contributed by atoms with Gasteiger partial charge in [-0.05, 0) is 31.5 Å². The molecule has 5 nitrogen and oxygen atoms in total. The molecule has 6 heteroatoms. The lowest BCUT2D eigenvalue weighted by molar-refractivity contribution is -0.132. The Bertz CT molecular complexity index is 583. The highest BCUT2D eigenvalue weighted by atomic mass is 35.5. The minimum absolute atomic E-state index is 0.140. The Morgan fingerprint density at radius 2 is 1.87 bits per heavy atom. The highest BCUT2D eigenvalue weighted by Crippen LogP contribution is 2.38. The zero-order valence-corrected chi connectivity index (χ0v) is 14.4. The lowest BCUT2D eigenvalue weighted by atomic mass is 10.1. The van der Waals surface area contributed by atoms with Crippen molar-refractivity contribution in [3.63, 3.8) is 0 Å². The van der Waals surface area contributed by atoms with Crippen LogP contribution in [0.5, 0.6) is 11.5 Å². The number of carbonyl (C=O) groups is 1. The van der Waals surface area contributed by atoms with Crippen molar-refractivity contribution in [2.24, 2.45) is 0 Å². The van der Waals surface area contributed by atoms with Gasteiger partial charge >= 0.3 is 0 Å². The van der Waals surface area contributed by atoms with Crippen molar-refractivity contribution in [3.8, 4) is 11.5 Å². The molecule has 2 heterocycles. The number of piperazine rings is 1. The summed E-state index contributed by atoms with van der Waals surface area (Å²) < 4.78 is 11.1. The Hall–Kier alpha value is -1.46. The van der Waals surface area contributed by atoms with E-state index in [0.717, 1.165) is 31.7 Å². The average Bonchev–Trinajstić information content (AvgIpc) is 2.55. The molecule has 2 aliphatic rings. The van der Waals surface area contributed by atoms with E-state index in [1.54, 1.807) is 6.07 Å². The predicted octanol–water partition coefficient (Wildman–Crippen LogP) is 2.21. The second-order valence-corrected chi connectivity index (χ2v) is 6.70. The molecule has 3 rings (SSSR count). The maximum Gasteiger partial charge on any atom is 0.227 e. The first kappa shape index (κ1) is 16.4. The summed E-state index contributed by atoms with van der Waals surface area (Å²) in [6.07, 6.45) is 0.345. The molecule has 1 amide bonds. The van der Waals surface area contributed by atoms with E-state index in [9.17, 15) is 4.79 Å². The molecule has 0 saturated carbocycles. The lowest BCUT2D eigenvalue weighted by Crippen LogP contribution is -2.51. The third kappa shape index (κ3) is 3.72. The van der Waals surface area contributed by atoms with Crippen LogP contribution in [-0.4, -0.2) is 61.1 Å². The molecular weight excluding hydrogens is 316 g/mol. The first-order valence-electron chi connectivity index (χ1n) is 8.14. The number of fused-ring (bicyclic) bond motifs is 1. The van der Waals surface area contributed by atoms with E-state index >= 15 is 0 Å². The van der Waals surface area contributed by atoms with Crippen molar-refractivity contribution < 1.29 is 14.3 Å². The van der Waals surface area contributed by atoms with Crippen LogP contribution in [0.1, 0.15) is 19.4 Å². The summed E-state index contributed by atoms with van der Waals surface area (Å²) in [5.41, 5.74) is 0.871. The van der Waals surface area contributed by atoms with Gasteiger partial charge in [0.2, 0.25) is 5.91 Å². The van der Waals surface area contributed by atoms with Crippen LogP contribution < -0.4 is 9.47 Å². The Kier molecular flexibility index (Phi) is 4.97. The molecule has 126 valence electrons. The number of halogens is 1. The van der Waals surface area contributed by atoms with Crippen molar-refractivity contribution >= 4 is 17.5 Å². The molecule has 1 aromatic rings. The van der Waals surface area contributed by atoms with Gasteiger partial charge in [0.25, 0.3) is 0 Å². The zero-order valence-electron chi connectivity index (χ0n) is 13.7. The SMILES string of the molecule is CC(C)N1CCN(C(=O)Cc2cc(Cl)c3c(c2)OCCO3)CC1. The van der Waals surface area contributed by atoms with E-state index in [2.05, 4.69) is 18.7 Å². The van der Waals surface area contributed by atoms with Gasteiger partial charge in [0.05, 0.1) is 11.4 Å². The summed E-state index contributed by atoms with van der Waals surface area (Å²) in [7, 11) is 0. The monoisotopic (exact) mass is 338 g/mol. The van der Waals surface area contributed by atoms with Crippen LogP contribution >= 0.6 is 11.6 Å². The molecule has 1 saturated heterocycles. The van der Waals surface area contributed by atoms with Gasteiger partial charge in [-0.25, -0.2) is 0 Å². The van der Waals surface area contributed by atoms with Crippen LogP contribution in [0, 0.1) is 0 Å². The second kappa shape index (κ2) is 6.97. The highest BCUT2D eigenvalue weighted by Gasteiger charge is 2.23. The predicted molar refractivity (Wildman–Crippen MR) is 89.4 cm³/mol. The molecule has 23 heavy (non-hydrogen) atoms. The Morgan fingerprint density at radius 3 is 2.57 bits per heavy atom. The number of hydrogen-bond donors (Lipinski definition) is 0. The van der Waals surface area contributed by atoms with Gasteiger partial charge in [-0.3, -0.25) is 9.69 Å². The highest BCUT2D eigenvalue weighted by molar-refractivity contribution is 6.32. The Labute approximate surface area is 142 Å². The summed E-state index contributed by atoms with van der Waals surface area (Å²) in [6, 6.07) is 4.20. The molecule has 0 aromatic heterocycles. The van der Waals surface area contributed by atoms with Gasteiger partial charge in [0, 0.05) is 32.2 Å². The molecule has 0 atom stereocenters. The van der Waals surface area contributed by atoms with E-state index in [4.69, 9.17) is 21.1 Å². The van der Waals surface area contributed by atoms with Crippen LogP contribution in [0.15, 0.2) is 12.1 Å². The quantitative estimate of drug-likeness (QED) is 0.847. The summed E-state index contributed by atoms with van der Waals surface area (Å²) in [6.45, 7) is 8.84. The van der Waals surface area contributed by atoms with Crippen molar-refractivity contribution in [3.05, 3.63) is 22.7 Å². The van der Waals surface area contributed by atoms with E-state index in [1.807, 2.05) is 11.0 Å². The summed E-state index contributed by atoms with van der Waals surface area (Å²) >= 11 is 6.23. The van der Waals surface area contributed by atoms with Crippen LogP contribution in [0.2, 0.25) is 5.02 Å². The topological polar surface area (TPSA) is 42.0 Å². The van der Waals surface area contributed by atoms with Crippen LogP contribution in [0.3, 0.4) is 0 Å². The standard InChI is InChI=1S/C17H23ClN2O3/c1-12(2)19-3-5-20(6-4-19)16(21)11-13-9-14(18)17-15(10-13)22-7-8-23-17/h9-10,12H,3-8,11H2,1-2H3. The molecule has 0 aliphatic carbocycles. The first-order chi connectivity index (χ1) is 11.0. The summed E-state index contributed by atoms with van der Waals surface area (Å²) in [5.74, 6) is 1.36. The number of benzene rings is 1. The molecule has 1 aromatic carbocycles. The van der Waals surface area contributed by atoms with Gasteiger partial charge in [-0.1, -0.05) is 11.6 Å². The summed E-state index contributed by atoms with van der Waals surface area (Å²) in [5, 5.41) is 0.509. The third-order valence-corrected chi connectivity index (χ3v) is 4.69. The molecule has 0 bridgehead atoms. The van der Waals surface area contributed by atoms with Crippen molar-refractivity contribution in [2.45, 2.75) is 26.3 Å². The zero-order chi connectivity index (χ0) is 16.4. The molecule has 0 spiro atoms. The molecule has 0 unspecified atom stereocenters. The Balaban J connectivity index is 1.63. The molecular formula is C17H23ClN2O3. The van der Waals surface area contributed by atoms with Crippen LogP contribution in [-0.2, 0) is 11.2 Å². The van der Waals surface area contributed by atoms with E-state index in [-0.39, 0.29) is 5.91 Å². The maximum absolute atomic E-state index is 12.5. The van der Waals surface area contributed by atoms with Crippen molar-refractivity contribution in [1.82, 2.24) is 9.80 Å². The average molecular weight is 339 g/mol. The smallest absolute Gasteiger partial charge is 0.227 e. The second-order valence-electron chi connectivity index (χ2n) is 6.29. The molecule has 2 aliphatic heterocycles. The maximum atomic E-state index is 12.5. The van der Waals surface area contributed by atoms with E-state index in [1.165, 1.54) is 0 Å². The number of nitrogens with zero attached hydrogens (tertiary/aromatic N) is 2. The van der Waals surface area contributed by atoms with E-state index in [0.29, 0.717) is 42.2 Å². The largest absolute Gasteiger partial charge is 0.486 e. The molecule has 0 radical (unpaired) electrons. The van der Waals surface area contributed by atoms with Gasteiger partial charge in [0.1, 0.15) is 13.2 Å². The lowest BCUT2D eigenvalue weighted by Gasteiger charge is -2.37. The fourth-order valence-electron chi connectivity index (χ4n) is 3.04. The van der Waals surface area contributed by atoms with Gasteiger partial charge in [-0.2, -0.15) is 0 Å². The number of rotatable bonds is 3. The third-order valence-electron chi connectivity index (χ3n) is 4.41. The molecule has 1 fully saturated rings. The first-order valence-corrected chi connectivity index (χ1v) is 8.52. The number of carbonyl (C=O) groups excluding carboxylic acids is 1. The number of hydrogen-bond acceptors (Lipinski definition) is 4. The Morgan fingerprint density at radius 1 is 1.17 bits per heavy atom. The fraction of sp³-hybridized carbons (Fsp3) is 0.588. The minimum atomic E-state index is 0.140. The number of ether oxygens (including phenoxy) is 2. The van der Waals surface area contributed by atoms with Crippen molar-refractivity contribution in [2.75, 3.05) is 39.4 Å². The normalized spacial score (nSPS) is 18.3. The summed E-state index contributed by atoms with van der Waals surface area (Å²) in [4.78, 5) is 16.8. The van der Waals surface area contributed by atoms with Gasteiger partial charge in [-0.15, -0.1) is 0 Å².